The average molecular weight is 227 g/mol. The standard InChI is InChI=1S/C11H21N.2C2H6/c1-11(2)5-3-9-4-6-12-8-10(9)7-11;2*1-2/h9-10,12H,3-8H2,1-2H3;2*1-2H3. The molecule has 1 heteroatoms. The van der Waals surface area contributed by atoms with Crippen LogP contribution in [-0.4, -0.2) is 13.1 Å². The monoisotopic (exact) mass is 227 g/mol. The van der Waals surface area contributed by atoms with Crippen molar-refractivity contribution in [2.45, 2.75) is 67.2 Å². The van der Waals surface area contributed by atoms with Crippen LogP contribution >= 0.6 is 0 Å². The molecule has 0 aromatic carbocycles. The van der Waals surface area contributed by atoms with Gasteiger partial charge in [-0.15, -0.1) is 0 Å². The molecule has 1 nitrogen and oxygen atoms in total. The van der Waals surface area contributed by atoms with Gasteiger partial charge >= 0.3 is 0 Å². The Hall–Kier alpha value is -0.0400. The maximum absolute atomic E-state index is 3.52. The van der Waals surface area contributed by atoms with Gasteiger partial charge in [0.2, 0.25) is 0 Å². The maximum atomic E-state index is 3.52. The molecule has 2 rings (SSSR count). The number of rotatable bonds is 0. The van der Waals surface area contributed by atoms with Crippen molar-refractivity contribution >= 4 is 0 Å². The molecule has 1 N–H and O–H groups in total. The first kappa shape index (κ1) is 16.0. The normalized spacial score (nSPS) is 31.1. The van der Waals surface area contributed by atoms with Gasteiger partial charge in [-0.2, -0.15) is 0 Å². The van der Waals surface area contributed by atoms with Gasteiger partial charge in [-0.3, -0.25) is 0 Å². The summed E-state index contributed by atoms with van der Waals surface area (Å²) in [5.74, 6) is 2.04. The highest BCUT2D eigenvalue weighted by Crippen LogP contribution is 2.43. The van der Waals surface area contributed by atoms with Crippen molar-refractivity contribution in [3.63, 3.8) is 0 Å². The molecule has 1 aliphatic heterocycles. The van der Waals surface area contributed by atoms with Crippen LogP contribution in [0.3, 0.4) is 0 Å². The van der Waals surface area contributed by atoms with Crippen LogP contribution in [0.25, 0.3) is 0 Å². The van der Waals surface area contributed by atoms with Gasteiger partial charge in [-0.05, 0) is 56.0 Å². The fourth-order valence-electron chi connectivity index (χ4n) is 2.98. The zero-order valence-electron chi connectivity index (χ0n) is 12.4. The lowest BCUT2D eigenvalue weighted by atomic mass is 9.65. The fourth-order valence-corrected chi connectivity index (χ4v) is 2.98. The number of piperidine rings is 1. The highest BCUT2D eigenvalue weighted by Gasteiger charge is 2.35. The maximum Gasteiger partial charge on any atom is -0.00177 e. The number of hydrogen-bond donors (Lipinski definition) is 1. The van der Waals surface area contributed by atoms with Crippen molar-refractivity contribution < 1.29 is 0 Å². The van der Waals surface area contributed by atoms with Crippen LogP contribution in [0.15, 0.2) is 0 Å². The average Bonchev–Trinajstić information content (AvgIpc) is 2.33. The lowest BCUT2D eigenvalue weighted by Crippen LogP contribution is -2.42. The molecule has 1 saturated heterocycles. The lowest BCUT2D eigenvalue weighted by molar-refractivity contribution is 0.0930. The van der Waals surface area contributed by atoms with Gasteiger partial charge in [-0.1, -0.05) is 41.5 Å². The first-order valence-electron chi connectivity index (χ1n) is 7.38. The van der Waals surface area contributed by atoms with Gasteiger partial charge in [0, 0.05) is 0 Å². The zero-order chi connectivity index (χ0) is 12.6. The van der Waals surface area contributed by atoms with Gasteiger partial charge in [0.15, 0.2) is 0 Å². The van der Waals surface area contributed by atoms with E-state index in [-0.39, 0.29) is 0 Å². The van der Waals surface area contributed by atoms with Crippen LogP contribution in [-0.2, 0) is 0 Å². The van der Waals surface area contributed by atoms with E-state index in [0.717, 1.165) is 11.8 Å². The molecule has 2 aliphatic rings. The summed E-state index contributed by atoms with van der Waals surface area (Å²) in [6.45, 7) is 15.4. The molecular formula is C15H33N. The minimum Gasteiger partial charge on any atom is -0.316 e. The van der Waals surface area contributed by atoms with Crippen molar-refractivity contribution in [3.05, 3.63) is 0 Å². The third-order valence-electron chi connectivity index (χ3n) is 3.77. The quantitative estimate of drug-likeness (QED) is 0.643. The van der Waals surface area contributed by atoms with E-state index in [9.17, 15) is 0 Å². The molecule has 2 fully saturated rings. The van der Waals surface area contributed by atoms with Gasteiger partial charge in [0.25, 0.3) is 0 Å². The molecule has 1 aliphatic carbocycles. The topological polar surface area (TPSA) is 12.0 Å². The first-order chi connectivity index (χ1) is 7.67. The second kappa shape index (κ2) is 8.11. The van der Waals surface area contributed by atoms with Crippen molar-refractivity contribution in [2.75, 3.05) is 13.1 Å². The largest absolute Gasteiger partial charge is 0.316 e. The van der Waals surface area contributed by atoms with Crippen molar-refractivity contribution in [3.8, 4) is 0 Å². The Labute approximate surface area is 103 Å². The molecular weight excluding hydrogens is 194 g/mol. The van der Waals surface area contributed by atoms with E-state index in [1.54, 1.807) is 0 Å². The minimum atomic E-state index is 0.625. The molecule has 0 aromatic rings. The van der Waals surface area contributed by atoms with Gasteiger partial charge in [-0.25, -0.2) is 0 Å². The van der Waals surface area contributed by atoms with E-state index < -0.39 is 0 Å². The summed E-state index contributed by atoms with van der Waals surface area (Å²) in [7, 11) is 0. The van der Waals surface area contributed by atoms with E-state index in [2.05, 4.69) is 19.2 Å². The van der Waals surface area contributed by atoms with Gasteiger partial charge in [0.1, 0.15) is 0 Å². The summed E-state index contributed by atoms with van der Waals surface area (Å²) in [4.78, 5) is 0. The van der Waals surface area contributed by atoms with E-state index >= 15 is 0 Å². The Kier molecular flexibility index (Phi) is 8.09. The Bertz CT molecular complexity index is 163. The molecule has 0 bridgehead atoms. The Balaban J connectivity index is 0.000000509. The zero-order valence-corrected chi connectivity index (χ0v) is 12.4. The van der Waals surface area contributed by atoms with E-state index in [1.165, 1.54) is 38.8 Å². The van der Waals surface area contributed by atoms with Crippen molar-refractivity contribution in [1.82, 2.24) is 5.32 Å². The summed E-state index contributed by atoms with van der Waals surface area (Å²) >= 11 is 0. The molecule has 2 unspecified atom stereocenters. The van der Waals surface area contributed by atoms with Crippen LogP contribution in [0.2, 0.25) is 0 Å². The third kappa shape index (κ3) is 4.86. The van der Waals surface area contributed by atoms with Crippen LogP contribution in [0.4, 0.5) is 0 Å². The SMILES string of the molecule is CC.CC.CC1(C)CCC2CCNCC2C1. The Morgan fingerprint density at radius 3 is 2.19 bits per heavy atom. The highest BCUT2D eigenvalue weighted by molar-refractivity contribution is 4.88. The summed E-state index contributed by atoms with van der Waals surface area (Å²) in [5.41, 5.74) is 0.625. The molecule has 16 heavy (non-hydrogen) atoms. The smallest absolute Gasteiger partial charge is 0.00177 e. The van der Waals surface area contributed by atoms with E-state index in [0.29, 0.717) is 5.41 Å². The summed E-state index contributed by atoms with van der Waals surface area (Å²) in [6, 6.07) is 0. The predicted molar refractivity (Wildman–Crippen MR) is 74.8 cm³/mol. The second-order valence-electron chi connectivity index (χ2n) is 5.42. The molecule has 0 aromatic heterocycles. The van der Waals surface area contributed by atoms with E-state index in [1.807, 2.05) is 27.7 Å². The van der Waals surface area contributed by atoms with Crippen LogP contribution in [0.1, 0.15) is 67.2 Å². The Morgan fingerprint density at radius 1 is 0.938 bits per heavy atom. The van der Waals surface area contributed by atoms with Crippen molar-refractivity contribution in [2.24, 2.45) is 17.3 Å². The molecule has 0 radical (unpaired) electrons. The number of nitrogens with one attached hydrogen (secondary N) is 1. The molecule has 2 atom stereocenters. The summed E-state index contributed by atoms with van der Waals surface area (Å²) in [5, 5.41) is 3.52. The van der Waals surface area contributed by atoms with Gasteiger partial charge < -0.3 is 5.32 Å². The summed E-state index contributed by atoms with van der Waals surface area (Å²) < 4.78 is 0. The molecule has 1 saturated carbocycles. The van der Waals surface area contributed by atoms with Gasteiger partial charge in [0.05, 0.1) is 0 Å². The molecule has 1 heterocycles. The van der Waals surface area contributed by atoms with Crippen LogP contribution < -0.4 is 5.32 Å². The van der Waals surface area contributed by atoms with Crippen LogP contribution in [0, 0.1) is 17.3 Å². The predicted octanol–water partition coefficient (Wildman–Crippen LogP) is 4.47. The third-order valence-corrected chi connectivity index (χ3v) is 3.77. The molecule has 98 valence electrons. The number of hydrogen-bond acceptors (Lipinski definition) is 1. The molecule has 0 amide bonds. The van der Waals surface area contributed by atoms with Crippen LogP contribution in [0.5, 0.6) is 0 Å². The second-order valence-corrected chi connectivity index (χ2v) is 5.42. The first-order valence-corrected chi connectivity index (χ1v) is 7.38. The minimum absolute atomic E-state index is 0.625. The summed E-state index contributed by atoms with van der Waals surface area (Å²) in [6.07, 6.45) is 5.82. The highest BCUT2D eigenvalue weighted by atomic mass is 14.9. The van der Waals surface area contributed by atoms with E-state index in [4.69, 9.17) is 0 Å². The fraction of sp³-hybridized carbons (Fsp3) is 1.00. The Morgan fingerprint density at radius 2 is 1.56 bits per heavy atom. The number of fused-ring (bicyclic) bond motifs is 1. The van der Waals surface area contributed by atoms with Crippen molar-refractivity contribution in [1.29, 1.82) is 0 Å². The molecule has 0 spiro atoms. The lowest BCUT2D eigenvalue weighted by Gasteiger charge is -2.43.